The number of pyridine rings is 2. The fraction of sp³-hybridized carbons (Fsp3) is 0.185. The normalized spacial score (nSPS) is 15.1. The van der Waals surface area contributed by atoms with Gasteiger partial charge >= 0.3 is 0 Å². The first kappa shape index (κ1) is 37.4. The molecule has 7 aromatic carbocycles. The van der Waals surface area contributed by atoms with E-state index in [0.717, 1.165) is 76.8 Å². The molecule has 7 heteroatoms. The van der Waals surface area contributed by atoms with Crippen LogP contribution in [-0.4, -0.2) is 19.1 Å². The molecule has 1 aliphatic heterocycles. The van der Waals surface area contributed by atoms with Gasteiger partial charge in [-0.3, -0.25) is 4.98 Å². The fourth-order valence-electron chi connectivity index (χ4n) is 10.2. The molecule has 0 spiro atoms. The number of anilines is 2. The van der Waals surface area contributed by atoms with E-state index in [0.29, 0.717) is 39.4 Å². The molecule has 0 radical (unpaired) electrons. The van der Waals surface area contributed by atoms with Crippen LogP contribution in [0.3, 0.4) is 0 Å². The third kappa shape index (κ3) is 7.97. The minimum absolute atomic E-state index is 0. The first-order valence-corrected chi connectivity index (χ1v) is 23.9. The summed E-state index contributed by atoms with van der Waals surface area (Å²) in [6.45, 7) is 3.91. The first-order valence-electron chi connectivity index (χ1n) is 28.4. The van der Waals surface area contributed by atoms with Crippen molar-refractivity contribution in [2.45, 2.75) is 78.3 Å². The Labute approximate surface area is 449 Å². The summed E-state index contributed by atoms with van der Waals surface area (Å²) in [5.74, 6) is 1.71. The Bertz CT molecular complexity index is 4350. The largest absolute Gasteiger partial charge is 0.509 e. The number of hydrogen-bond donors (Lipinski definition) is 0. The summed E-state index contributed by atoms with van der Waals surface area (Å²) in [6.07, 6.45) is 3.62. The van der Waals surface area contributed by atoms with Crippen LogP contribution in [0.2, 0.25) is 0 Å². The van der Waals surface area contributed by atoms with Crippen molar-refractivity contribution in [3.05, 3.63) is 206 Å². The molecule has 0 fully saturated rings. The molecule has 12 rings (SSSR count). The monoisotopic (exact) mass is 1130 g/mol. The van der Waals surface area contributed by atoms with Crippen LogP contribution in [0.4, 0.5) is 11.4 Å². The second kappa shape index (κ2) is 17.4. The number of fused-ring (bicyclic) bond motifs is 10. The van der Waals surface area contributed by atoms with Crippen LogP contribution < -0.4 is 9.64 Å². The van der Waals surface area contributed by atoms with Gasteiger partial charge in [-0.05, 0) is 119 Å². The Morgan fingerprint density at radius 3 is 1.96 bits per heavy atom. The van der Waals surface area contributed by atoms with E-state index in [-0.39, 0.29) is 32.0 Å². The molecule has 0 amide bonds. The predicted molar refractivity (Wildman–Crippen MR) is 296 cm³/mol. The second-order valence-corrected chi connectivity index (χ2v) is 20.6. The van der Waals surface area contributed by atoms with Crippen LogP contribution in [-0.2, 0) is 37.3 Å². The molecule has 6 nitrogen and oxygen atoms in total. The molecule has 5 heterocycles. The molecule has 0 saturated carbocycles. The third-order valence-corrected chi connectivity index (χ3v) is 13.8. The van der Waals surface area contributed by atoms with Gasteiger partial charge in [-0.25, -0.2) is 4.98 Å². The number of ether oxygens (including phenoxy) is 1. The van der Waals surface area contributed by atoms with E-state index < -0.39 is 31.4 Å². The molecular formula is C65H56N5OPt-3. The molecule has 0 bridgehead atoms. The van der Waals surface area contributed by atoms with Crippen molar-refractivity contribution in [2.24, 2.45) is 0 Å². The van der Waals surface area contributed by atoms with E-state index in [2.05, 4.69) is 95.5 Å². The van der Waals surface area contributed by atoms with E-state index in [1.165, 1.54) is 12.1 Å². The second-order valence-electron chi connectivity index (χ2n) is 20.6. The maximum Gasteiger partial charge on any atom is 0.135 e. The van der Waals surface area contributed by atoms with Crippen LogP contribution in [0.5, 0.6) is 11.5 Å². The molecule has 72 heavy (non-hydrogen) atoms. The topological polar surface area (TPSA) is 48.1 Å². The van der Waals surface area contributed by atoms with Crippen molar-refractivity contribution < 1.29 is 38.1 Å². The van der Waals surface area contributed by atoms with Crippen molar-refractivity contribution in [2.75, 3.05) is 4.90 Å². The Kier molecular flexibility index (Phi) is 9.05. The van der Waals surface area contributed by atoms with Gasteiger partial charge in [0.15, 0.2) is 0 Å². The summed E-state index contributed by atoms with van der Waals surface area (Å²) in [7, 11) is 0. The van der Waals surface area contributed by atoms with E-state index >= 15 is 0 Å². The Balaban J connectivity index is 0.00000690. The number of benzene rings is 7. The molecule has 0 aliphatic carbocycles. The van der Waals surface area contributed by atoms with Crippen LogP contribution >= 0.6 is 0 Å². The Morgan fingerprint density at radius 1 is 0.528 bits per heavy atom. The molecule has 11 aromatic rings. The van der Waals surface area contributed by atoms with Gasteiger partial charge in [0.1, 0.15) is 5.82 Å². The first-order chi connectivity index (χ1) is 37.8. The van der Waals surface area contributed by atoms with Gasteiger partial charge in [-0.2, -0.15) is 12.1 Å². The maximum absolute atomic E-state index is 8.78. The average molecular weight is 1130 g/mol. The predicted octanol–water partition coefficient (Wildman–Crippen LogP) is 17.2. The Morgan fingerprint density at radius 2 is 1.18 bits per heavy atom. The molecule has 0 saturated heterocycles. The third-order valence-electron chi connectivity index (χ3n) is 13.8. The molecule has 4 aromatic heterocycles. The Hall–Kier alpha value is -7.40. The van der Waals surface area contributed by atoms with Crippen molar-refractivity contribution in [1.29, 1.82) is 0 Å². The van der Waals surface area contributed by atoms with Crippen molar-refractivity contribution in [3.8, 4) is 28.4 Å². The smallest absolute Gasteiger partial charge is 0.135 e. The summed E-state index contributed by atoms with van der Waals surface area (Å²) >= 11 is 0. The van der Waals surface area contributed by atoms with Crippen LogP contribution in [0.25, 0.3) is 82.2 Å². The molecule has 1 aliphatic rings. The molecule has 0 N–H and O–H groups in total. The summed E-state index contributed by atoms with van der Waals surface area (Å²) in [5, 5.41) is 6.36. The summed E-state index contributed by atoms with van der Waals surface area (Å²) in [4.78, 5) is 11.9. The van der Waals surface area contributed by atoms with Crippen molar-refractivity contribution >= 4 is 76.7 Å². The van der Waals surface area contributed by atoms with E-state index in [4.69, 9.17) is 27.0 Å². The summed E-state index contributed by atoms with van der Waals surface area (Å²) in [6, 6.07) is 58.2. The average Bonchev–Trinajstić information content (AvgIpc) is 4.19. The number of rotatable bonds is 5. The van der Waals surface area contributed by atoms with Gasteiger partial charge in [-0.15, -0.1) is 35.7 Å². The van der Waals surface area contributed by atoms with E-state index in [9.17, 15) is 0 Å². The maximum atomic E-state index is 8.78. The number of aromatic nitrogens is 4. The summed E-state index contributed by atoms with van der Waals surface area (Å²) in [5.41, 5.74) is 3.88. The van der Waals surface area contributed by atoms with Gasteiger partial charge in [0, 0.05) is 73.9 Å². The zero-order valence-corrected chi connectivity index (χ0v) is 43.0. The van der Waals surface area contributed by atoms with Crippen LogP contribution in [0, 0.1) is 18.8 Å². The minimum Gasteiger partial charge on any atom is -0.509 e. The minimum atomic E-state index is -3.48. The van der Waals surface area contributed by atoms with Crippen molar-refractivity contribution in [1.82, 2.24) is 19.1 Å². The van der Waals surface area contributed by atoms with Crippen LogP contribution in [0.1, 0.15) is 91.1 Å². The molecule has 0 unspecified atom stereocenters. The van der Waals surface area contributed by atoms with Gasteiger partial charge in [0.05, 0.1) is 5.52 Å². The molecule has 0 atom stereocenters. The summed E-state index contributed by atoms with van der Waals surface area (Å²) < 4.78 is 90.0. The number of para-hydroxylation sites is 3. The van der Waals surface area contributed by atoms with E-state index in [1.54, 1.807) is 6.20 Å². The standard InChI is InChI=1S/C65H56N5O.Pt/c1-63(2,3)42-31-33-66-59(37-42)70-56-27-13-12-21-50(56)51-30-29-47(39-58(51)70)71-46-19-14-18-45(38-46)68-40-69-61-48(41-34-43(64(4,5)6)36-44(35-41)65(7,8)9)23-15-24-55(61)53-26-17-32-67-60(53)52-22-11-10-20-49(52)54-25-16-28-57(68)62(54)69;/h10-37,40H,1-9H3;/q-3;/i4D3,5D3,6D3;. The fourth-order valence-corrected chi connectivity index (χ4v) is 10.2. The van der Waals surface area contributed by atoms with Crippen LogP contribution in [0.15, 0.2) is 170 Å². The van der Waals surface area contributed by atoms with E-state index in [1.807, 2.05) is 131 Å². The number of hydrogen-bond acceptors (Lipinski definition) is 4. The van der Waals surface area contributed by atoms with Gasteiger partial charge in [-0.1, -0.05) is 170 Å². The molecular weight excluding hydrogens is 1060 g/mol. The number of nitrogens with zero attached hydrogens (tertiary/aromatic N) is 5. The van der Waals surface area contributed by atoms with Crippen molar-refractivity contribution in [3.63, 3.8) is 0 Å². The molecule has 360 valence electrons. The quantitative estimate of drug-likeness (QED) is 0.161. The zero-order valence-electron chi connectivity index (χ0n) is 49.7. The zero-order chi connectivity index (χ0) is 56.5. The van der Waals surface area contributed by atoms with Gasteiger partial charge in [0.2, 0.25) is 0 Å². The van der Waals surface area contributed by atoms with Gasteiger partial charge < -0.3 is 18.8 Å². The SMILES string of the molecule is [2H]C([2H])([2H])C(c1cc(-c2cccc3c4cccnc4c4ccccc4c4cccc5c4n(c23)[CH-]N5c2[c-]c(Oc3[c-]c4c(cc3)c3ccccc3n4-c3cc(C(C)(C)C)ccn3)ccc2)cc(C(C)(C)C)c1)(C([2H])([2H])[2H])C([2H])([2H])[2H].[Pt]. The van der Waals surface area contributed by atoms with Gasteiger partial charge in [0.25, 0.3) is 0 Å².